The van der Waals surface area contributed by atoms with Gasteiger partial charge in [-0.1, -0.05) is 6.07 Å². The fraction of sp³-hybridized carbons (Fsp3) is 0. The molecule has 2 rings (SSSR count). The number of hydrogen-bond donors (Lipinski definition) is 2. The lowest BCUT2D eigenvalue weighted by Crippen LogP contribution is -2.07. The number of hydrogen-bond acceptors (Lipinski definition) is 5. The first kappa shape index (κ1) is 10.0. The van der Waals surface area contributed by atoms with Crippen LogP contribution in [0, 0.1) is 0 Å². The highest BCUT2D eigenvalue weighted by Crippen LogP contribution is 1.93. The molecule has 2 aromatic heterocycles. The monoisotopic (exact) mass is 215 g/mol. The minimum absolute atomic E-state index is 0.228. The largest absolute Gasteiger partial charge is 0.291 e. The molecule has 16 heavy (non-hydrogen) atoms. The van der Waals surface area contributed by atoms with E-state index in [0.717, 1.165) is 5.56 Å². The van der Waals surface area contributed by atoms with Gasteiger partial charge in [-0.2, -0.15) is 5.10 Å². The highest BCUT2D eigenvalue weighted by Gasteiger charge is 1.90. The van der Waals surface area contributed by atoms with E-state index in [9.17, 15) is 4.79 Å². The van der Waals surface area contributed by atoms with Gasteiger partial charge < -0.3 is 0 Å². The number of aromatic nitrogens is 3. The molecule has 6 nitrogen and oxygen atoms in total. The maximum absolute atomic E-state index is 10.9. The topological polar surface area (TPSA) is 83.0 Å². The molecule has 80 valence electrons. The second-order valence-electron chi connectivity index (χ2n) is 2.94. The van der Waals surface area contributed by atoms with Gasteiger partial charge in [-0.15, -0.1) is 0 Å². The van der Waals surface area contributed by atoms with E-state index in [4.69, 9.17) is 0 Å². The third kappa shape index (κ3) is 2.74. The fourth-order valence-corrected chi connectivity index (χ4v) is 1.05. The van der Waals surface area contributed by atoms with Gasteiger partial charge >= 0.3 is 0 Å². The van der Waals surface area contributed by atoms with Crippen molar-refractivity contribution in [3.05, 3.63) is 52.7 Å². The van der Waals surface area contributed by atoms with Crippen molar-refractivity contribution in [1.82, 2.24) is 15.0 Å². The van der Waals surface area contributed by atoms with Crippen molar-refractivity contribution in [2.24, 2.45) is 5.10 Å². The summed E-state index contributed by atoms with van der Waals surface area (Å²) in [4.78, 5) is 21.2. The van der Waals surface area contributed by atoms with Gasteiger partial charge in [-0.3, -0.25) is 14.8 Å². The van der Waals surface area contributed by atoms with Crippen LogP contribution in [0.4, 0.5) is 5.95 Å². The van der Waals surface area contributed by atoms with E-state index in [-0.39, 0.29) is 5.56 Å². The van der Waals surface area contributed by atoms with Crippen LogP contribution in [0.25, 0.3) is 0 Å². The first-order valence-corrected chi connectivity index (χ1v) is 4.59. The number of nitrogens with zero attached hydrogens (tertiary/aromatic N) is 3. The van der Waals surface area contributed by atoms with Gasteiger partial charge in [0.05, 0.1) is 6.21 Å². The summed E-state index contributed by atoms with van der Waals surface area (Å²) in [6, 6.07) is 5.00. The smallest absolute Gasteiger partial charge is 0.252 e. The highest BCUT2D eigenvalue weighted by atomic mass is 16.1. The molecule has 6 heteroatoms. The van der Waals surface area contributed by atoms with Gasteiger partial charge in [0.15, 0.2) is 0 Å². The van der Waals surface area contributed by atoms with Gasteiger partial charge in [0.2, 0.25) is 5.95 Å². The quantitative estimate of drug-likeness (QED) is 0.580. The number of nitrogens with one attached hydrogen (secondary N) is 2. The zero-order valence-corrected chi connectivity index (χ0v) is 8.29. The van der Waals surface area contributed by atoms with E-state index in [2.05, 4.69) is 25.5 Å². The molecule has 0 amide bonds. The van der Waals surface area contributed by atoms with Crippen molar-refractivity contribution in [3.8, 4) is 0 Å². The van der Waals surface area contributed by atoms with Gasteiger partial charge in [-0.05, 0) is 6.07 Å². The van der Waals surface area contributed by atoms with E-state index >= 15 is 0 Å². The second-order valence-corrected chi connectivity index (χ2v) is 2.94. The Balaban J connectivity index is 2.03. The molecule has 0 atom stereocenters. The van der Waals surface area contributed by atoms with Gasteiger partial charge in [0, 0.05) is 30.2 Å². The average molecular weight is 215 g/mol. The summed E-state index contributed by atoms with van der Waals surface area (Å²) in [5, 5.41) is 3.91. The Hall–Kier alpha value is -2.50. The van der Waals surface area contributed by atoms with Gasteiger partial charge in [0.1, 0.15) is 0 Å². The lowest BCUT2D eigenvalue weighted by molar-refractivity contribution is 1.08. The Labute approximate surface area is 91.1 Å². The standard InChI is InChI=1S/C10H9N5O/c16-9-3-5-12-10(14-9)15-13-7-8-2-1-4-11-6-8/h1-7H,(H2,12,14,15,16)/b13-7+. The second kappa shape index (κ2) is 4.83. The van der Waals surface area contributed by atoms with E-state index < -0.39 is 0 Å². The maximum Gasteiger partial charge on any atom is 0.252 e. The molecule has 0 aliphatic heterocycles. The van der Waals surface area contributed by atoms with Crippen molar-refractivity contribution in [2.75, 3.05) is 5.43 Å². The summed E-state index contributed by atoms with van der Waals surface area (Å²) in [5.74, 6) is 0.299. The van der Waals surface area contributed by atoms with Crippen LogP contribution >= 0.6 is 0 Å². The fourth-order valence-electron chi connectivity index (χ4n) is 1.05. The minimum Gasteiger partial charge on any atom is -0.291 e. The van der Waals surface area contributed by atoms with Crippen LogP contribution in [0.15, 0.2) is 46.7 Å². The Morgan fingerprint density at radius 1 is 1.38 bits per heavy atom. The number of anilines is 1. The zero-order chi connectivity index (χ0) is 11.2. The molecule has 2 aromatic rings. The minimum atomic E-state index is -0.228. The van der Waals surface area contributed by atoms with Crippen LogP contribution in [-0.4, -0.2) is 21.2 Å². The zero-order valence-electron chi connectivity index (χ0n) is 8.29. The van der Waals surface area contributed by atoms with E-state index in [1.807, 2.05) is 12.1 Å². The molecule has 0 fully saturated rings. The molecule has 2 heterocycles. The van der Waals surface area contributed by atoms with E-state index in [1.54, 1.807) is 18.6 Å². The van der Waals surface area contributed by atoms with E-state index in [1.165, 1.54) is 12.3 Å². The van der Waals surface area contributed by atoms with Crippen LogP contribution in [-0.2, 0) is 0 Å². The number of H-pyrrole nitrogens is 1. The van der Waals surface area contributed by atoms with Crippen LogP contribution in [0.2, 0.25) is 0 Å². The first-order chi connectivity index (χ1) is 7.84. The lowest BCUT2D eigenvalue weighted by Gasteiger charge is -1.96. The summed E-state index contributed by atoms with van der Waals surface area (Å²) in [6.45, 7) is 0. The molecule has 0 aliphatic rings. The number of pyridine rings is 1. The molecule has 0 unspecified atom stereocenters. The number of rotatable bonds is 3. The molecule has 0 aliphatic carbocycles. The molecular formula is C10H9N5O. The third-order valence-electron chi connectivity index (χ3n) is 1.74. The van der Waals surface area contributed by atoms with Crippen LogP contribution in [0.3, 0.4) is 0 Å². The Kier molecular flexibility index (Phi) is 3.03. The molecular weight excluding hydrogens is 206 g/mol. The van der Waals surface area contributed by atoms with Gasteiger partial charge in [0.25, 0.3) is 5.56 Å². The predicted octanol–water partition coefficient (Wildman–Crippen LogP) is 0.611. The molecule has 2 N–H and O–H groups in total. The van der Waals surface area contributed by atoms with Gasteiger partial charge in [-0.25, -0.2) is 10.4 Å². The summed E-state index contributed by atoms with van der Waals surface area (Å²) >= 11 is 0. The van der Waals surface area contributed by atoms with Crippen LogP contribution in [0.1, 0.15) is 5.56 Å². The third-order valence-corrected chi connectivity index (χ3v) is 1.74. The molecule has 0 spiro atoms. The summed E-state index contributed by atoms with van der Waals surface area (Å²) in [5.41, 5.74) is 3.24. The average Bonchev–Trinajstić information content (AvgIpc) is 2.30. The molecule has 0 bridgehead atoms. The number of hydrazone groups is 1. The normalized spacial score (nSPS) is 10.5. The molecule has 0 aromatic carbocycles. The highest BCUT2D eigenvalue weighted by molar-refractivity contribution is 5.79. The summed E-state index contributed by atoms with van der Waals surface area (Å²) < 4.78 is 0. The maximum atomic E-state index is 10.9. The number of aromatic amines is 1. The molecule has 0 saturated heterocycles. The Morgan fingerprint density at radius 3 is 3.06 bits per heavy atom. The van der Waals surface area contributed by atoms with Crippen molar-refractivity contribution in [1.29, 1.82) is 0 Å². The molecule has 0 radical (unpaired) electrons. The first-order valence-electron chi connectivity index (χ1n) is 4.59. The molecule has 0 saturated carbocycles. The van der Waals surface area contributed by atoms with Crippen molar-refractivity contribution >= 4 is 12.2 Å². The van der Waals surface area contributed by atoms with Crippen molar-refractivity contribution in [2.45, 2.75) is 0 Å². The Morgan fingerprint density at radius 2 is 2.31 bits per heavy atom. The summed E-state index contributed by atoms with van der Waals surface area (Å²) in [7, 11) is 0. The Bertz CT molecular complexity index is 534. The predicted molar refractivity (Wildman–Crippen MR) is 60.3 cm³/mol. The lowest BCUT2D eigenvalue weighted by atomic mass is 10.3. The van der Waals surface area contributed by atoms with Crippen LogP contribution < -0.4 is 11.0 Å². The van der Waals surface area contributed by atoms with Crippen molar-refractivity contribution < 1.29 is 0 Å². The summed E-state index contributed by atoms with van der Waals surface area (Å²) in [6.07, 6.45) is 6.34. The van der Waals surface area contributed by atoms with Crippen molar-refractivity contribution in [3.63, 3.8) is 0 Å². The van der Waals surface area contributed by atoms with E-state index in [0.29, 0.717) is 5.95 Å². The van der Waals surface area contributed by atoms with Crippen LogP contribution in [0.5, 0.6) is 0 Å². The SMILES string of the molecule is O=c1ccnc(N/N=C/c2cccnc2)[nH]1.